The number of ether oxygens (including phenoxy) is 3. The van der Waals surface area contributed by atoms with Crippen LogP contribution in [0, 0.1) is 0 Å². The molecule has 0 bridgehead atoms. The lowest BCUT2D eigenvalue weighted by Crippen LogP contribution is -2.63. The number of aliphatic hydroxyl groups is 2. The summed E-state index contributed by atoms with van der Waals surface area (Å²) in [5, 5.41) is 24.1. The van der Waals surface area contributed by atoms with Crippen LogP contribution in [0.2, 0.25) is 0 Å². The molecule has 0 aliphatic carbocycles. The van der Waals surface area contributed by atoms with E-state index < -0.39 is 30.2 Å². The number of hydrogen-bond acceptors (Lipinski definition) is 7. The van der Waals surface area contributed by atoms with Crippen molar-refractivity contribution in [1.29, 1.82) is 0 Å². The fourth-order valence-electron chi connectivity index (χ4n) is 3.28. The number of pyridine rings is 1. The highest BCUT2D eigenvalue weighted by atomic mass is 16.7. The van der Waals surface area contributed by atoms with E-state index in [9.17, 15) is 15.0 Å². The van der Waals surface area contributed by atoms with Gasteiger partial charge in [-0.1, -0.05) is 0 Å². The number of hydrogen-bond donors (Lipinski definition) is 3. The van der Waals surface area contributed by atoms with Crippen LogP contribution < -0.4 is 10.1 Å². The molecule has 0 saturated carbocycles. The summed E-state index contributed by atoms with van der Waals surface area (Å²) in [5.74, 6) is 0.264. The third kappa shape index (κ3) is 4.06. The monoisotopic (exact) mass is 374 g/mol. The molecule has 27 heavy (non-hydrogen) atoms. The van der Waals surface area contributed by atoms with Crippen LogP contribution in [0.25, 0.3) is 10.9 Å². The van der Waals surface area contributed by atoms with Gasteiger partial charge in [0.05, 0.1) is 23.0 Å². The zero-order valence-electron chi connectivity index (χ0n) is 15.7. The van der Waals surface area contributed by atoms with E-state index in [1.807, 2.05) is 0 Å². The quantitative estimate of drug-likeness (QED) is 0.674. The van der Waals surface area contributed by atoms with Crippen molar-refractivity contribution in [3.63, 3.8) is 0 Å². The lowest BCUT2D eigenvalue weighted by Gasteiger charge is -2.46. The van der Waals surface area contributed by atoms with Crippen LogP contribution in [-0.4, -0.2) is 66.2 Å². The fraction of sp³-hybridized carbons (Fsp3) is 0.444. The van der Waals surface area contributed by atoms with E-state index in [0.29, 0.717) is 17.0 Å². The number of anilines is 1. The summed E-state index contributed by atoms with van der Waals surface area (Å²) in [6.07, 6.45) is -2.61. The van der Waals surface area contributed by atoms with Crippen molar-refractivity contribution in [3.05, 3.63) is 30.5 Å². The first-order valence-corrected chi connectivity index (χ1v) is 8.62. The Kier molecular flexibility index (Phi) is 5.39. The Morgan fingerprint density at radius 1 is 1.30 bits per heavy atom. The van der Waals surface area contributed by atoms with Crippen LogP contribution in [0.4, 0.5) is 10.5 Å². The molecular formula is C18H23BN2O6. The van der Waals surface area contributed by atoms with Crippen molar-refractivity contribution in [2.24, 2.45) is 0 Å². The van der Waals surface area contributed by atoms with Crippen molar-refractivity contribution >= 4 is 30.2 Å². The van der Waals surface area contributed by atoms with E-state index in [2.05, 4.69) is 10.3 Å². The molecule has 3 N–H and O–H groups in total. The minimum Gasteiger partial charge on any atom is -0.462 e. The molecule has 8 nitrogen and oxygen atoms in total. The Labute approximate surface area is 157 Å². The lowest BCUT2D eigenvalue weighted by molar-refractivity contribution is -0.305. The van der Waals surface area contributed by atoms with E-state index in [1.165, 1.54) is 15.0 Å². The molecule has 1 fully saturated rings. The van der Waals surface area contributed by atoms with Crippen molar-refractivity contribution in [1.82, 2.24) is 4.98 Å². The molecule has 9 heteroatoms. The Morgan fingerprint density at radius 3 is 2.70 bits per heavy atom. The summed E-state index contributed by atoms with van der Waals surface area (Å²) in [4.78, 5) is 15.5. The Hall–Kier alpha value is -2.20. The first-order chi connectivity index (χ1) is 12.7. The number of carbonyl (C=O) groups is 1. The molecule has 0 radical (unpaired) electrons. The second-order valence-corrected chi connectivity index (χ2v) is 7.10. The molecule has 0 spiro atoms. The van der Waals surface area contributed by atoms with Crippen LogP contribution in [0.1, 0.15) is 13.8 Å². The average molecular weight is 374 g/mol. The van der Waals surface area contributed by atoms with Gasteiger partial charge in [-0.15, -0.1) is 0 Å². The van der Waals surface area contributed by atoms with E-state index in [1.54, 1.807) is 44.3 Å². The van der Waals surface area contributed by atoms with Gasteiger partial charge in [0, 0.05) is 18.6 Å². The molecule has 1 aliphatic rings. The summed E-state index contributed by atoms with van der Waals surface area (Å²) < 4.78 is 16.8. The molecule has 1 aliphatic heterocycles. The number of nitrogens with zero attached hydrogens (tertiary/aromatic N) is 1. The molecule has 1 aromatic carbocycles. The highest BCUT2D eigenvalue weighted by Crippen LogP contribution is 2.33. The van der Waals surface area contributed by atoms with Gasteiger partial charge in [0.2, 0.25) is 14.1 Å². The number of methoxy groups -OCH3 is 1. The molecule has 144 valence electrons. The SMILES string of the molecule is BC(=O)Nc1cnc2cc(O[C@@H]3OC(C)(C)[C@H](OC)[C@@H](O)[C@H]3O)ccc2c1. The van der Waals surface area contributed by atoms with Crippen LogP contribution in [-0.2, 0) is 9.47 Å². The third-order valence-corrected chi connectivity index (χ3v) is 4.53. The summed E-state index contributed by atoms with van der Waals surface area (Å²) >= 11 is 0. The predicted octanol–water partition coefficient (Wildman–Crippen LogP) is 0.650. The fourth-order valence-corrected chi connectivity index (χ4v) is 3.28. The van der Waals surface area contributed by atoms with Crippen molar-refractivity contribution < 1.29 is 29.2 Å². The maximum Gasteiger partial charge on any atom is 0.229 e. The van der Waals surface area contributed by atoms with Crippen LogP contribution in [0.15, 0.2) is 30.5 Å². The lowest BCUT2D eigenvalue weighted by atomic mass is 9.89. The molecular weight excluding hydrogens is 351 g/mol. The Balaban J connectivity index is 1.80. The Morgan fingerprint density at radius 2 is 2.04 bits per heavy atom. The molecule has 4 atom stereocenters. The summed E-state index contributed by atoms with van der Waals surface area (Å²) in [6, 6.07) is 7.00. The maximum atomic E-state index is 11.2. The minimum atomic E-state index is -1.27. The molecule has 3 rings (SSSR count). The van der Waals surface area contributed by atoms with Gasteiger partial charge in [-0.05, 0) is 32.0 Å². The number of fused-ring (bicyclic) bond motifs is 1. The van der Waals surface area contributed by atoms with E-state index in [4.69, 9.17) is 14.2 Å². The van der Waals surface area contributed by atoms with Gasteiger partial charge in [-0.2, -0.15) is 0 Å². The molecule has 1 aromatic heterocycles. The number of rotatable bonds is 4. The number of aliphatic hydroxyl groups excluding tert-OH is 2. The number of benzene rings is 1. The maximum absolute atomic E-state index is 11.2. The summed E-state index contributed by atoms with van der Waals surface area (Å²) in [5.41, 5.74) is 0.409. The zero-order valence-corrected chi connectivity index (χ0v) is 15.7. The largest absolute Gasteiger partial charge is 0.462 e. The van der Waals surface area contributed by atoms with Gasteiger partial charge < -0.3 is 29.7 Å². The van der Waals surface area contributed by atoms with Crippen molar-refractivity contribution in [2.45, 2.75) is 44.1 Å². The number of amides is 1. The third-order valence-electron chi connectivity index (χ3n) is 4.53. The minimum absolute atomic E-state index is 0.171. The normalized spacial score (nSPS) is 27.3. The van der Waals surface area contributed by atoms with Crippen molar-refractivity contribution in [2.75, 3.05) is 12.4 Å². The predicted molar refractivity (Wildman–Crippen MR) is 102 cm³/mol. The van der Waals surface area contributed by atoms with Crippen molar-refractivity contribution in [3.8, 4) is 5.75 Å². The van der Waals surface area contributed by atoms with Crippen LogP contribution in [0.5, 0.6) is 5.75 Å². The van der Waals surface area contributed by atoms with E-state index in [-0.39, 0.29) is 5.81 Å². The number of carbonyl (C=O) groups excluding carboxylic acids is 1. The molecule has 1 saturated heterocycles. The van der Waals surface area contributed by atoms with Gasteiger partial charge in [-0.25, -0.2) is 0 Å². The van der Waals surface area contributed by atoms with Crippen LogP contribution >= 0.6 is 0 Å². The first-order valence-electron chi connectivity index (χ1n) is 8.62. The highest BCUT2D eigenvalue weighted by Gasteiger charge is 2.50. The van der Waals surface area contributed by atoms with Gasteiger partial charge >= 0.3 is 0 Å². The highest BCUT2D eigenvalue weighted by molar-refractivity contribution is 6.60. The second kappa shape index (κ2) is 7.44. The first kappa shape index (κ1) is 19.6. The topological polar surface area (TPSA) is 110 Å². The van der Waals surface area contributed by atoms with Gasteiger partial charge in [-0.3, -0.25) is 9.78 Å². The standard InChI is InChI=1S/C18H23BN2O6/c1-18(2)15(25-3)13(22)14(23)16(27-18)26-11-5-4-9-6-10(21-17(19)24)8-20-12(9)7-11/h4-8,13-16,22-23H,19H2,1-3H3,(H,21,24)/t13-,14+,15+,16+/m0/s1. The zero-order chi connectivity index (χ0) is 19.8. The molecule has 0 unspecified atom stereocenters. The average Bonchev–Trinajstić information content (AvgIpc) is 2.59. The van der Waals surface area contributed by atoms with Crippen LogP contribution in [0.3, 0.4) is 0 Å². The Bertz CT molecular complexity index is 846. The van der Waals surface area contributed by atoms with E-state index >= 15 is 0 Å². The number of nitrogens with one attached hydrogen (secondary N) is 1. The molecule has 1 amide bonds. The summed E-state index contributed by atoms with van der Waals surface area (Å²) in [6.45, 7) is 3.52. The smallest absolute Gasteiger partial charge is 0.229 e. The van der Waals surface area contributed by atoms with Gasteiger partial charge in [0.15, 0.2) is 5.81 Å². The number of aromatic nitrogens is 1. The van der Waals surface area contributed by atoms with Gasteiger partial charge in [0.1, 0.15) is 24.1 Å². The second-order valence-electron chi connectivity index (χ2n) is 7.10. The molecule has 2 heterocycles. The summed E-state index contributed by atoms with van der Waals surface area (Å²) in [7, 11) is 2.89. The molecule has 2 aromatic rings. The van der Waals surface area contributed by atoms with Gasteiger partial charge in [0.25, 0.3) is 0 Å². The van der Waals surface area contributed by atoms with E-state index in [0.717, 1.165) is 5.39 Å².